The molecule has 0 saturated carbocycles. The molecule has 2 aromatic carbocycles. The summed E-state index contributed by atoms with van der Waals surface area (Å²) in [6.45, 7) is 7.80. The Morgan fingerprint density at radius 2 is 1.76 bits per heavy atom. The molecule has 1 atom stereocenters. The second kappa shape index (κ2) is 8.82. The summed E-state index contributed by atoms with van der Waals surface area (Å²) >= 11 is 0. The van der Waals surface area contributed by atoms with E-state index in [2.05, 4.69) is 10.6 Å². The minimum atomic E-state index is -0.583. The minimum absolute atomic E-state index is 0.252. The second-order valence-electron chi connectivity index (χ2n) is 7.31. The molecule has 2 N–H and O–H groups in total. The summed E-state index contributed by atoms with van der Waals surface area (Å²) in [5.74, 6) is 0.263. The van der Waals surface area contributed by atoms with Crippen molar-refractivity contribution in [3.05, 3.63) is 76.5 Å². The van der Waals surface area contributed by atoms with Gasteiger partial charge in [-0.2, -0.15) is 0 Å². The Balaban J connectivity index is 1.78. The molecule has 29 heavy (non-hydrogen) atoms. The van der Waals surface area contributed by atoms with Crippen molar-refractivity contribution in [3.8, 4) is 5.75 Å². The van der Waals surface area contributed by atoms with Gasteiger partial charge in [-0.1, -0.05) is 36.4 Å². The highest BCUT2D eigenvalue weighted by molar-refractivity contribution is 5.95. The average Bonchev–Trinajstić information content (AvgIpc) is 2.66. The molecule has 6 nitrogen and oxygen atoms in total. The summed E-state index contributed by atoms with van der Waals surface area (Å²) in [6.07, 6.45) is -0.252. The fourth-order valence-electron chi connectivity index (χ4n) is 3.18. The molecule has 0 bridgehead atoms. The average molecular weight is 394 g/mol. The van der Waals surface area contributed by atoms with Gasteiger partial charge < -0.3 is 20.1 Å². The molecular weight excluding hydrogens is 368 g/mol. The van der Waals surface area contributed by atoms with Gasteiger partial charge in [0.15, 0.2) is 0 Å². The third kappa shape index (κ3) is 4.96. The van der Waals surface area contributed by atoms with Crippen LogP contribution in [0.2, 0.25) is 0 Å². The van der Waals surface area contributed by atoms with E-state index in [-0.39, 0.29) is 12.1 Å². The number of ether oxygens (including phenoxy) is 2. The predicted molar refractivity (Wildman–Crippen MR) is 110 cm³/mol. The monoisotopic (exact) mass is 394 g/mol. The minimum Gasteiger partial charge on any atom is -0.489 e. The molecule has 1 heterocycles. The number of benzene rings is 2. The molecule has 0 saturated heterocycles. The molecule has 0 fully saturated rings. The standard InChI is InChI=1S/C23H26N2O4/c1-14(2)29-22(26)20-16(4)24-23(27)25-21(20)17-9-11-19(12-10-17)28-13-18-8-6-5-7-15(18)3/h5-12,14,21H,13H2,1-4H3,(H2,24,25,27). The number of carbonyl (C=O) groups is 2. The van der Waals surface area contributed by atoms with Crippen LogP contribution >= 0.6 is 0 Å². The molecule has 152 valence electrons. The van der Waals surface area contributed by atoms with Gasteiger partial charge in [-0.3, -0.25) is 0 Å². The van der Waals surface area contributed by atoms with Gasteiger partial charge in [-0.15, -0.1) is 0 Å². The first-order valence-corrected chi connectivity index (χ1v) is 9.61. The van der Waals surface area contributed by atoms with E-state index in [1.165, 1.54) is 5.56 Å². The number of rotatable bonds is 6. The number of urea groups is 1. The van der Waals surface area contributed by atoms with Crippen LogP contribution in [0.3, 0.4) is 0 Å². The van der Waals surface area contributed by atoms with Crippen molar-refractivity contribution >= 4 is 12.0 Å². The third-order valence-corrected chi connectivity index (χ3v) is 4.70. The summed E-state index contributed by atoms with van der Waals surface area (Å²) < 4.78 is 11.2. The Bertz CT molecular complexity index is 932. The Hall–Kier alpha value is -3.28. The summed E-state index contributed by atoms with van der Waals surface area (Å²) in [5, 5.41) is 5.44. The first-order valence-electron chi connectivity index (χ1n) is 9.61. The van der Waals surface area contributed by atoms with Gasteiger partial charge in [0.25, 0.3) is 0 Å². The zero-order chi connectivity index (χ0) is 21.0. The number of amides is 2. The van der Waals surface area contributed by atoms with Gasteiger partial charge in [0, 0.05) is 5.70 Å². The molecule has 1 aliphatic rings. The highest BCUT2D eigenvalue weighted by Crippen LogP contribution is 2.29. The van der Waals surface area contributed by atoms with Crippen LogP contribution in [0.5, 0.6) is 5.75 Å². The summed E-state index contributed by atoms with van der Waals surface area (Å²) in [5.41, 5.74) is 3.96. The first-order chi connectivity index (χ1) is 13.8. The topological polar surface area (TPSA) is 76.7 Å². The Labute approximate surface area is 170 Å². The van der Waals surface area contributed by atoms with Crippen LogP contribution in [0, 0.1) is 6.92 Å². The zero-order valence-electron chi connectivity index (χ0n) is 17.1. The maximum Gasteiger partial charge on any atom is 0.338 e. The lowest BCUT2D eigenvalue weighted by Gasteiger charge is -2.28. The van der Waals surface area contributed by atoms with E-state index < -0.39 is 12.0 Å². The lowest BCUT2D eigenvalue weighted by atomic mass is 9.95. The maximum absolute atomic E-state index is 12.6. The van der Waals surface area contributed by atoms with E-state index >= 15 is 0 Å². The van der Waals surface area contributed by atoms with E-state index in [1.807, 2.05) is 55.5 Å². The lowest BCUT2D eigenvalue weighted by Crippen LogP contribution is -2.45. The van der Waals surface area contributed by atoms with Crippen molar-refractivity contribution in [3.63, 3.8) is 0 Å². The molecular formula is C23H26N2O4. The van der Waals surface area contributed by atoms with Crippen molar-refractivity contribution < 1.29 is 19.1 Å². The molecule has 6 heteroatoms. The quantitative estimate of drug-likeness (QED) is 0.722. The summed E-state index contributed by atoms with van der Waals surface area (Å²) in [4.78, 5) is 24.5. The molecule has 1 unspecified atom stereocenters. The van der Waals surface area contributed by atoms with Crippen LogP contribution in [0.25, 0.3) is 0 Å². The van der Waals surface area contributed by atoms with Gasteiger partial charge in [-0.25, -0.2) is 9.59 Å². The zero-order valence-corrected chi connectivity index (χ0v) is 17.1. The van der Waals surface area contributed by atoms with Crippen LogP contribution in [0.1, 0.15) is 43.5 Å². The van der Waals surface area contributed by atoms with Crippen LogP contribution in [-0.4, -0.2) is 18.1 Å². The lowest BCUT2D eigenvalue weighted by molar-refractivity contribution is -0.143. The predicted octanol–water partition coefficient (Wildman–Crippen LogP) is 4.15. The number of nitrogens with one attached hydrogen (secondary N) is 2. The fourth-order valence-corrected chi connectivity index (χ4v) is 3.18. The van der Waals surface area contributed by atoms with Crippen molar-refractivity contribution in [2.75, 3.05) is 0 Å². The highest BCUT2D eigenvalue weighted by atomic mass is 16.5. The molecule has 0 radical (unpaired) electrons. The van der Waals surface area contributed by atoms with E-state index in [0.29, 0.717) is 23.6 Å². The molecule has 0 spiro atoms. The van der Waals surface area contributed by atoms with Crippen LogP contribution in [0.4, 0.5) is 4.79 Å². The Morgan fingerprint density at radius 3 is 2.41 bits per heavy atom. The van der Waals surface area contributed by atoms with Crippen LogP contribution in [0.15, 0.2) is 59.8 Å². The number of aryl methyl sites for hydroxylation is 1. The third-order valence-electron chi connectivity index (χ3n) is 4.70. The van der Waals surface area contributed by atoms with Crippen molar-refractivity contribution in [1.29, 1.82) is 0 Å². The Kier molecular flexibility index (Phi) is 6.22. The number of allylic oxidation sites excluding steroid dienone is 1. The molecule has 0 aromatic heterocycles. The molecule has 2 amide bonds. The molecule has 2 aromatic rings. The summed E-state index contributed by atoms with van der Waals surface area (Å²) in [7, 11) is 0. The summed E-state index contributed by atoms with van der Waals surface area (Å²) in [6, 6.07) is 14.5. The van der Waals surface area contributed by atoms with E-state index in [1.54, 1.807) is 20.8 Å². The van der Waals surface area contributed by atoms with E-state index in [9.17, 15) is 9.59 Å². The van der Waals surface area contributed by atoms with Gasteiger partial charge in [0.05, 0.1) is 17.7 Å². The van der Waals surface area contributed by atoms with Crippen molar-refractivity contribution in [2.45, 2.75) is 46.4 Å². The van der Waals surface area contributed by atoms with Crippen LogP contribution < -0.4 is 15.4 Å². The number of esters is 1. The Morgan fingerprint density at radius 1 is 1.07 bits per heavy atom. The van der Waals surface area contributed by atoms with Gasteiger partial charge in [0.1, 0.15) is 12.4 Å². The molecule has 3 rings (SSSR count). The fraction of sp³-hybridized carbons (Fsp3) is 0.304. The van der Waals surface area contributed by atoms with E-state index in [4.69, 9.17) is 9.47 Å². The van der Waals surface area contributed by atoms with Gasteiger partial charge in [-0.05, 0) is 56.5 Å². The molecule has 1 aliphatic heterocycles. The normalized spacial score (nSPS) is 16.3. The van der Waals surface area contributed by atoms with Crippen molar-refractivity contribution in [1.82, 2.24) is 10.6 Å². The highest BCUT2D eigenvalue weighted by Gasteiger charge is 2.32. The SMILES string of the molecule is CC1=C(C(=O)OC(C)C)C(c2ccc(OCc3ccccc3C)cc2)NC(=O)N1. The van der Waals surface area contributed by atoms with Gasteiger partial charge >= 0.3 is 12.0 Å². The van der Waals surface area contributed by atoms with Crippen molar-refractivity contribution in [2.24, 2.45) is 0 Å². The number of hydrogen-bond acceptors (Lipinski definition) is 4. The van der Waals surface area contributed by atoms with Gasteiger partial charge in [0.2, 0.25) is 0 Å². The second-order valence-corrected chi connectivity index (χ2v) is 7.31. The first kappa shape index (κ1) is 20.5. The number of carbonyl (C=O) groups excluding carboxylic acids is 2. The largest absolute Gasteiger partial charge is 0.489 e. The molecule has 0 aliphatic carbocycles. The van der Waals surface area contributed by atoms with Crippen LogP contribution in [-0.2, 0) is 16.1 Å². The number of hydrogen-bond donors (Lipinski definition) is 2. The smallest absolute Gasteiger partial charge is 0.338 e. The maximum atomic E-state index is 12.6. The van der Waals surface area contributed by atoms with E-state index in [0.717, 1.165) is 11.1 Å².